The highest BCUT2D eigenvalue weighted by Crippen LogP contribution is 2.21. The molecule has 1 saturated heterocycles. The minimum atomic E-state index is -0.788. The van der Waals surface area contributed by atoms with E-state index in [4.69, 9.17) is 19.7 Å². The quantitative estimate of drug-likeness (QED) is 0.673. The van der Waals surface area contributed by atoms with E-state index < -0.39 is 5.92 Å². The van der Waals surface area contributed by atoms with Gasteiger partial charge in [0.25, 0.3) is 0 Å². The zero-order valence-corrected chi connectivity index (χ0v) is 16.7. The lowest BCUT2D eigenvalue weighted by molar-refractivity contribution is 0.0264. The van der Waals surface area contributed by atoms with Crippen molar-refractivity contribution in [2.45, 2.75) is 25.5 Å². The Bertz CT molecular complexity index is 747. The van der Waals surface area contributed by atoms with Crippen LogP contribution in [0.2, 0.25) is 0 Å². The first-order valence-corrected chi connectivity index (χ1v) is 9.78. The summed E-state index contributed by atoms with van der Waals surface area (Å²) in [7, 11) is 3.77. The summed E-state index contributed by atoms with van der Waals surface area (Å²) in [6, 6.07) is 8.06. The number of rotatable bonds is 8. The molecule has 3 rings (SSSR count). The number of anilines is 1. The Balaban J connectivity index is 1.50. The summed E-state index contributed by atoms with van der Waals surface area (Å²) in [5.74, 6) is 1.58. The van der Waals surface area contributed by atoms with E-state index in [0.717, 1.165) is 57.2 Å². The molecular weight excluding hydrogens is 356 g/mol. The lowest BCUT2D eigenvalue weighted by Gasteiger charge is -2.31. The van der Waals surface area contributed by atoms with Gasteiger partial charge in [-0.25, -0.2) is 0 Å². The van der Waals surface area contributed by atoms with E-state index in [9.17, 15) is 0 Å². The largest absolute Gasteiger partial charge is 0.444 e. The summed E-state index contributed by atoms with van der Waals surface area (Å²) in [5.41, 5.74) is 0. The first-order valence-electron chi connectivity index (χ1n) is 9.78. The molecule has 0 bridgehead atoms. The van der Waals surface area contributed by atoms with E-state index in [1.54, 1.807) is 7.11 Å². The number of aliphatic imine (C=N–C) groups is 1. The van der Waals surface area contributed by atoms with Gasteiger partial charge in [0.15, 0.2) is 11.8 Å². The second kappa shape index (κ2) is 9.59. The fourth-order valence-electron chi connectivity index (χ4n) is 3.75. The zero-order valence-electron chi connectivity index (χ0n) is 16.7. The summed E-state index contributed by atoms with van der Waals surface area (Å²) in [6.07, 6.45) is 2.59. The summed E-state index contributed by atoms with van der Waals surface area (Å²) >= 11 is 0. The van der Waals surface area contributed by atoms with Gasteiger partial charge in [-0.1, -0.05) is 0 Å². The molecule has 28 heavy (non-hydrogen) atoms. The Kier molecular flexibility index (Phi) is 6.91. The average molecular weight is 384 g/mol. The molecule has 150 valence electrons. The maximum atomic E-state index is 9.11. The van der Waals surface area contributed by atoms with Gasteiger partial charge in [0.1, 0.15) is 11.6 Å². The van der Waals surface area contributed by atoms with Crippen molar-refractivity contribution in [2.75, 3.05) is 58.3 Å². The number of hydrogen-bond acceptors (Lipinski definition) is 8. The van der Waals surface area contributed by atoms with Crippen LogP contribution in [-0.2, 0) is 11.3 Å². The van der Waals surface area contributed by atoms with Crippen molar-refractivity contribution in [3.05, 3.63) is 17.9 Å². The Morgan fingerprint density at radius 3 is 2.93 bits per heavy atom. The van der Waals surface area contributed by atoms with Crippen molar-refractivity contribution in [3.8, 4) is 12.1 Å². The maximum Gasteiger partial charge on any atom is 0.195 e. The molecule has 8 heteroatoms. The summed E-state index contributed by atoms with van der Waals surface area (Å²) in [6.45, 7) is 5.63. The van der Waals surface area contributed by atoms with E-state index in [0.29, 0.717) is 25.0 Å². The highest BCUT2D eigenvalue weighted by atomic mass is 16.5. The molecule has 0 radical (unpaired) electrons. The fraction of sp³-hybridized carbons (Fsp3) is 0.650. The van der Waals surface area contributed by atoms with Crippen LogP contribution in [0.5, 0.6) is 0 Å². The molecule has 8 nitrogen and oxygen atoms in total. The lowest BCUT2D eigenvalue weighted by Crippen LogP contribution is -2.38. The van der Waals surface area contributed by atoms with Gasteiger partial charge in [0, 0.05) is 46.4 Å². The Morgan fingerprint density at radius 2 is 2.18 bits per heavy atom. The molecule has 1 unspecified atom stereocenters. The zero-order chi connectivity index (χ0) is 19.9. The smallest absolute Gasteiger partial charge is 0.195 e. The van der Waals surface area contributed by atoms with Gasteiger partial charge in [-0.15, -0.1) is 0 Å². The third kappa shape index (κ3) is 4.83. The number of likely N-dealkylation sites (tertiary alicyclic amines) is 1. The van der Waals surface area contributed by atoms with Crippen LogP contribution >= 0.6 is 0 Å². The van der Waals surface area contributed by atoms with Gasteiger partial charge in [-0.3, -0.25) is 9.89 Å². The number of nitriles is 2. The summed E-state index contributed by atoms with van der Waals surface area (Å²) in [4.78, 5) is 10.8. The van der Waals surface area contributed by atoms with Crippen molar-refractivity contribution >= 4 is 11.7 Å². The third-order valence-electron chi connectivity index (χ3n) is 5.39. The average Bonchev–Trinajstić information content (AvgIpc) is 3.37. The van der Waals surface area contributed by atoms with Gasteiger partial charge in [0.05, 0.1) is 31.3 Å². The molecule has 1 aromatic heterocycles. The van der Waals surface area contributed by atoms with Crippen LogP contribution in [0, 0.1) is 28.6 Å². The molecule has 0 N–H and O–H groups in total. The molecule has 2 aliphatic heterocycles. The minimum absolute atomic E-state index is 0.313. The number of methoxy groups -OCH3 is 1. The summed E-state index contributed by atoms with van der Waals surface area (Å²) in [5, 5.41) is 18.2. The first-order chi connectivity index (χ1) is 13.6. The van der Waals surface area contributed by atoms with Crippen molar-refractivity contribution in [2.24, 2.45) is 10.9 Å². The second-order valence-electron chi connectivity index (χ2n) is 7.31. The van der Waals surface area contributed by atoms with Crippen molar-refractivity contribution < 1.29 is 9.15 Å². The van der Waals surface area contributed by atoms with Crippen LogP contribution in [0.1, 0.15) is 18.6 Å². The minimum Gasteiger partial charge on any atom is -0.444 e. The Hall–Kier alpha value is -2.55. The molecule has 0 saturated carbocycles. The van der Waals surface area contributed by atoms with Crippen LogP contribution in [0.3, 0.4) is 0 Å². The highest BCUT2D eigenvalue weighted by Gasteiger charge is 2.25. The number of ether oxygens (including phenoxy) is 1. The predicted molar refractivity (Wildman–Crippen MR) is 106 cm³/mol. The van der Waals surface area contributed by atoms with Crippen molar-refractivity contribution in [1.82, 2.24) is 9.80 Å². The van der Waals surface area contributed by atoms with Crippen LogP contribution < -0.4 is 4.90 Å². The Morgan fingerprint density at radius 1 is 1.36 bits per heavy atom. The summed E-state index contributed by atoms with van der Waals surface area (Å²) < 4.78 is 11.5. The maximum absolute atomic E-state index is 9.11. The van der Waals surface area contributed by atoms with Gasteiger partial charge in [0.2, 0.25) is 0 Å². The van der Waals surface area contributed by atoms with E-state index in [1.807, 2.05) is 36.2 Å². The third-order valence-corrected chi connectivity index (χ3v) is 5.39. The van der Waals surface area contributed by atoms with Crippen LogP contribution in [-0.4, -0.2) is 75.2 Å². The number of furan rings is 1. The van der Waals surface area contributed by atoms with E-state index in [1.165, 1.54) is 0 Å². The standard InChI is InChI=1S/C20H28N6O2/c1-24(10-11-26-9-7-23-20(26)16(12-21)13-22)19-6-5-18(28-19)15-25-8-3-4-17(14-25)27-2/h5-6,16-17H,3-4,7-11,14-15H2,1-2H3. The predicted octanol–water partition coefficient (Wildman–Crippen LogP) is 1.70. The number of hydrogen-bond donors (Lipinski definition) is 0. The molecule has 1 aromatic rings. The van der Waals surface area contributed by atoms with Gasteiger partial charge >= 0.3 is 0 Å². The van der Waals surface area contributed by atoms with Gasteiger partial charge in [-0.05, 0) is 25.5 Å². The van der Waals surface area contributed by atoms with Crippen molar-refractivity contribution in [1.29, 1.82) is 10.5 Å². The molecule has 0 aromatic carbocycles. The number of piperidine rings is 1. The fourth-order valence-corrected chi connectivity index (χ4v) is 3.75. The Labute approximate surface area is 166 Å². The van der Waals surface area contributed by atoms with E-state index in [-0.39, 0.29) is 0 Å². The van der Waals surface area contributed by atoms with Crippen LogP contribution in [0.15, 0.2) is 21.5 Å². The number of nitrogens with zero attached hydrogens (tertiary/aromatic N) is 6. The molecule has 0 aliphatic carbocycles. The lowest BCUT2D eigenvalue weighted by atomic mass is 10.1. The molecule has 1 fully saturated rings. The molecule has 2 aliphatic rings. The van der Waals surface area contributed by atoms with E-state index >= 15 is 0 Å². The molecular formula is C20H28N6O2. The molecule has 1 atom stereocenters. The van der Waals surface area contributed by atoms with Crippen LogP contribution in [0.25, 0.3) is 0 Å². The van der Waals surface area contributed by atoms with E-state index in [2.05, 4.69) is 14.8 Å². The molecule has 0 spiro atoms. The molecule has 3 heterocycles. The van der Waals surface area contributed by atoms with Gasteiger partial charge in [-0.2, -0.15) is 10.5 Å². The SMILES string of the molecule is COC1CCCN(Cc2ccc(N(C)CCN3CCN=C3C(C#N)C#N)o2)C1. The first kappa shape index (κ1) is 20.2. The number of likely N-dealkylation sites (N-methyl/N-ethyl adjacent to an activating group) is 1. The normalized spacial score (nSPS) is 20.1. The van der Waals surface area contributed by atoms with Gasteiger partial charge < -0.3 is 19.0 Å². The van der Waals surface area contributed by atoms with Crippen molar-refractivity contribution in [3.63, 3.8) is 0 Å². The molecule has 0 amide bonds. The highest BCUT2D eigenvalue weighted by molar-refractivity contribution is 5.90. The van der Waals surface area contributed by atoms with Crippen LogP contribution in [0.4, 0.5) is 5.88 Å². The monoisotopic (exact) mass is 384 g/mol. The topological polar surface area (TPSA) is 92.0 Å². The number of amidine groups is 1. The second-order valence-corrected chi connectivity index (χ2v) is 7.31.